The number of fused-ring (bicyclic) bond motifs is 3. The Labute approximate surface area is 162 Å². The number of nitrogen functional groups attached to an aromatic ring is 1. The molecule has 0 bridgehead atoms. The van der Waals surface area contributed by atoms with Gasteiger partial charge in [-0.05, 0) is 43.4 Å². The molecule has 1 aliphatic rings. The van der Waals surface area contributed by atoms with E-state index < -0.39 is 17.5 Å². The Bertz CT molecular complexity index is 1040. The average Bonchev–Trinajstić information content (AvgIpc) is 3.01. The molecule has 0 radical (unpaired) electrons. The second-order valence-electron chi connectivity index (χ2n) is 6.24. The van der Waals surface area contributed by atoms with Gasteiger partial charge < -0.3 is 11.1 Å². The number of rotatable bonds is 4. The summed E-state index contributed by atoms with van der Waals surface area (Å²) >= 11 is 2.77. The quantitative estimate of drug-likeness (QED) is 0.502. The van der Waals surface area contributed by atoms with Gasteiger partial charge in [0.25, 0.3) is 0 Å². The van der Waals surface area contributed by atoms with Gasteiger partial charge in [0.2, 0.25) is 5.91 Å². The second-order valence-corrected chi connectivity index (χ2v) is 8.27. The number of anilines is 2. The van der Waals surface area contributed by atoms with Crippen LogP contribution in [0.2, 0.25) is 0 Å². The van der Waals surface area contributed by atoms with Gasteiger partial charge in [-0.3, -0.25) is 4.79 Å². The van der Waals surface area contributed by atoms with Gasteiger partial charge in [0.1, 0.15) is 22.3 Å². The standard InChI is InChI=1S/C18H16F2N4OS2/c19-9-5-6-12(11(20)7-9)22-14(25)8-26-18-23-16(21)15-10-3-1-2-4-13(10)27-17(15)24-18/h5-7H,1-4,8H2,(H,22,25)(H2,21,23,24). The smallest absolute Gasteiger partial charge is 0.234 e. The predicted octanol–water partition coefficient (Wildman–Crippen LogP) is 4.16. The highest BCUT2D eigenvalue weighted by Gasteiger charge is 2.20. The van der Waals surface area contributed by atoms with Crippen LogP contribution in [0.3, 0.4) is 0 Å². The molecule has 9 heteroatoms. The fraction of sp³-hybridized carbons (Fsp3) is 0.278. The summed E-state index contributed by atoms with van der Waals surface area (Å²) in [7, 11) is 0. The fourth-order valence-corrected chi connectivity index (χ4v) is 5.11. The lowest BCUT2D eigenvalue weighted by Gasteiger charge is -2.10. The maximum Gasteiger partial charge on any atom is 0.234 e. The van der Waals surface area contributed by atoms with Crippen LogP contribution in [0.4, 0.5) is 20.3 Å². The number of thioether (sulfide) groups is 1. The highest BCUT2D eigenvalue weighted by Crippen LogP contribution is 2.38. The minimum absolute atomic E-state index is 0.00709. The summed E-state index contributed by atoms with van der Waals surface area (Å²) in [6.07, 6.45) is 4.37. The van der Waals surface area contributed by atoms with Gasteiger partial charge >= 0.3 is 0 Å². The molecule has 0 fully saturated rings. The molecule has 0 saturated carbocycles. The van der Waals surface area contributed by atoms with Gasteiger partial charge in [-0.2, -0.15) is 0 Å². The van der Waals surface area contributed by atoms with Crippen molar-refractivity contribution in [1.29, 1.82) is 0 Å². The SMILES string of the molecule is Nc1nc(SCC(=O)Nc2ccc(F)cc2F)nc2sc3c(c12)CCCC3. The number of hydrogen-bond donors (Lipinski definition) is 2. The van der Waals surface area contributed by atoms with Crippen LogP contribution < -0.4 is 11.1 Å². The highest BCUT2D eigenvalue weighted by molar-refractivity contribution is 7.99. The number of benzene rings is 1. The second kappa shape index (κ2) is 7.40. The normalized spacial score (nSPS) is 13.6. The summed E-state index contributed by atoms with van der Waals surface area (Å²) in [5.41, 5.74) is 7.34. The Morgan fingerprint density at radius 3 is 2.89 bits per heavy atom. The first kappa shape index (κ1) is 18.1. The molecular formula is C18H16F2N4OS2. The number of nitrogens with one attached hydrogen (secondary N) is 1. The lowest BCUT2D eigenvalue weighted by atomic mass is 9.97. The molecule has 3 aromatic rings. The maximum absolute atomic E-state index is 13.6. The Balaban J connectivity index is 1.48. The van der Waals surface area contributed by atoms with Gasteiger partial charge in [-0.25, -0.2) is 18.7 Å². The van der Waals surface area contributed by atoms with E-state index in [2.05, 4.69) is 15.3 Å². The van der Waals surface area contributed by atoms with Gasteiger partial charge in [0.15, 0.2) is 5.16 Å². The lowest BCUT2D eigenvalue weighted by Crippen LogP contribution is -2.15. The first-order valence-corrected chi connectivity index (χ1v) is 10.3. The van der Waals surface area contributed by atoms with E-state index in [9.17, 15) is 13.6 Å². The van der Waals surface area contributed by atoms with Gasteiger partial charge in [-0.1, -0.05) is 11.8 Å². The van der Waals surface area contributed by atoms with E-state index in [1.165, 1.54) is 22.9 Å². The molecule has 0 atom stereocenters. The number of amides is 1. The molecule has 140 valence electrons. The predicted molar refractivity (Wildman–Crippen MR) is 104 cm³/mol. The van der Waals surface area contributed by atoms with E-state index in [0.717, 1.165) is 53.4 Å². The molecule has 27 heavy (non-hydrogen) atoms. The Hall–Kier alpha value is -2.26. The third-order valence-corrected chi connectivity index (χ3v) is 6.39. The molecule has 2 heterocycles. The van der Waals surface area contributed by atoms with Crippen molar-refractivity contribution < 1.29 is 13.6 Å². The maximum atomic E-state index is 13.6. The molecule has 1 aromatic carbocycles. The number of carbonyl (C=O) groups is 1. The number of nitrogens with zero attached hydrogens (tertiary/aromatic N) is 2. The molecule has 0 aliphatic heterocycles. The molecule has 4 rings (SSSR count). The van der Waals surface area contributed by atoms with Crippen molar-refractivity contribution in [2.24, 2.45) is 0 Å². The molecule has 1 amide bonds. The first-order valence-electron chi connectivity index (χ1n) is 8.46. The van der Waals surface area contributed by atoms with Crippen molar-refractivity contribution in [2.45, 2.75) is 30.8 Å². The van der Waals surface area contributed by atoms with Crippen LogP contribution in [0.5, 0.6) is 0 Å². The fourth-order valence-electron chi connectivity index (χ4n) is 3.14. The van der Waals surface area contributed by atoms with Crippen molar-refractivity contribution in [3.8, 4) is 0 Å². The zero-order valence-corrected chi connectivity index (χ0v) is 15.9. The van der Waals surface area contributed by atoms with Crippen LogP contribution in [-0.2, 0) is 17.6 Å². The third-order valence-electron chi connectivity index (χ3n) is 4.36. The van der Waals surface area contributed by atoms with E-state index in [0.29, 0.717) is 11.0 Å². The first-order chi connectivity index (χ1) is 13.0. The number of thiophene rings is 1. The van der Waals surface area contributed by atoms with Gasteiger partial charge in [0.05, 0.1) is 16.8 Å². The lowest BCUT2D eigenvalue weighted by molar-refractivity contribution is -0.113. The van der Waals surface area contributed by atoms with E-state index in [1.807, 2.05) is 0 Å². The van der Waals surface area contributed by atoms with Crippen molar-refractivity contribution >= 4 is 50.7 Å². The minimum Gasteiger partial charge on any atom is -0.383 e. The van der Waals surface area contributed by atoms with E-state index in [4.69, 9.17) is 5.73 Å². The van der Waals surface area contributed by atoms with E-state index >= 15 is 0 Å². The van der Waals surface area contributed by atoms with Gasteiger partial charge in [0, 0.05) is 10.9 Å². The van der Waals surface area contributed by atoms with Crippen LogP contribution in [0.25, 0.3) is 10.2 Å². The number of nitrogens with two attached hydrogens (primary N) is 1. The molecule has 2 aromatic heterocycles. The van der Waals surface area contributed by atoms with Crippen molar-refractivity contribution in [3.63, 3.8) is 0 Å². The summed E-state index contributed by atoms with van der Waals surface area (Å²) in [6, 6.07) is 2.99. The summed E-state index contributed by atoms with van der Waals surface area (Å²) in [6.45, 7) is 0. The average molecular weight is 406 g/mol. The van der Waals surface area contributed by atoms with Crippen molar-refractivity contribution in [1.82, 2.24) is 9.97 Å². The van der Waals surface area contributed by atoms with Crippen LogP contribution in [0.15, 0.2) is 23.4 Å². The van der Waals surface area contributed by atoms with Crippen LogP contribution in [-0.4, -0.2) is 21.6 Å². The van der Waals surface area contributed by atoms with Crippen LogP contribution in [0.1, 0.15) is 23.3 Å². The summed E-state index contributed by atoms with van der Waals surface area (Å²) < 4.78 is 26.5. The van der Waals surface area contributed by atoms with Crippen molar-refractivity contribution in [2.75, 3.05) is 16.8 Å². The number of aromatic nitrogens is 2. The van der Waals surface area contributed by atoms with Crippen molar-refractivity contribution in [3.05, 3.63) is 40.3 Å². The monoisotopic (exact) mass is 406 g/mol. The summed E-state index contributed by atoms with van der Waals surface area (Å²) in [5, 5.41) is 3.77. The molecule has 0 saturated heterocycles. The summed E-state index contributed by atoms with van der Waals surface area (Å²) in [5.74, 6) is -1.52. The molecule has 5 nitrogen and oxygen atoms in total. The summed E-state index contributed by atoms with van der Waals surface area (Å²) in [4.78, 5) is 23.1. The highest BCUT2D eigenvalue weighted by atomic mass is 32.2. The number of halogens is 2. The minimum atomic E-state index is -0.820. The van der Waals surface area contributed by atoms with Gasteiger partial charge in [-0.15, -0.1) is 11.3 Å². The Morgan fingerprint density at radius 1 is 1.26 bits per heavy atom. The number of carbonyl (C=O) groups excluding carboxylic acids is 1. The van der Waals surface area contributed by atoms with Crippen LogP contribution in [0, 0.1) is 11.6 Å². The molecule has 0 spiro atoms. The molecular weight excluding hydrogens is 390 g/mol. The molecule has 1 aliphatic carbocycles. The number of aryl methyl sites for hydroxylation is 2. The molecule has 0 unspecified atom stereocenters. The third kappa shape index (κ3) is 3.74. The zero-order valence-electron chi connectivity index (χ0n) is 14.2. The topological polar surface area (TPSA) is 80.9 Å². The zero-order chi connectivity index (χ0) is 19.0. The van der Waals surface area contributed by atoms with Crippen LogP contribution >= 0.6 is 23.1 Å². The Kier molecular flexibility index (Phi) is 4.96. The Morgan fingerprint density at radius 2 is 2.07 bits per heavy atom. The van der Waals surface area contributed by atoms with E-state index in [1.54, 1.807) is 11.3 Å². The largest absolute Gasteiger partial charge is 0.383 e. The molecule has 3 N–H and O–H groups in total. The van der Waals surface area contributed by atoms with E-state index in [-0.39, 0.29) is 11.4 Å². The number of hydrogen-bond acceptors (Lipinski definition) is 6.